The van der Waals surface area contributed by atoms with Gasteiger partial charge < -0.3 is 14.0 Å². The SMILES string of the molecule is Cc1noc(C)c1-c1ccc(CN2CCC[C@H]2c2ccc3c(c2)OCCO3)cc1. The van der Waals surface area contributed by atoms with Gasteiger partial charge in [-0.2, -0.15) is 0 Å². The van der Waals surface area contributed by atoms with Crippen LogP contribution in [0.1, 0.15) is 41.5 Å². The van der Waals surface area contributed by atoms with Crippen molar-refractivity contribution in [2.45, 2.75) is 39.3 Å². The fourth-order valence-electron chi connectivity index (χ4n) is 4.57. The first-order valence-corrected chi connectivity index (χ1v) is 10.3. The normalized spacial score (nSPS) is 18.9. The second-order valence-corrected chi connectivity index (χ2v) is 7.93. The largest absolute Gasteiger partial charge is 0.486 e. The Balaban J connectivity index is 1.33. The molecule has 5 nitrogen and oxygen atoms in total. The Hall–Kier alpha value is -2.79. The van der Waals surface area contributed by atoms with Crippen molar-refractivity contribution in [2.24, 2.45) is 0 Å². The molecule has 1 atom stereocenters. The summed E-state index contributed by atoms with van der Waals surface area (Å²) in [7, 11) is 0. The third-order valence-corrected chi connectivity index (χ3v) is 5.98. The summed E-state index contributed by atoms with van der Waals surface area (Å²) in [6.07, 6.45) is 2.40. The zero-order valence-electron chi connectivity index (χ0n) is 17.0. The van der Waals surface area contributed by atoms with E-state index in [0.29, 0.717) is 19.3 Å². The lowest BCUT2D eigenvalue weighted by Crippen LogP contribution is -2.23. The molecule has 0 aliphatic carbocycles. The maximum Gasteiger partial charge on any atom is 0.161 e. The van der Waals surface area contributed by atoms with Gasteiger partial charge in [-0.3, -0.25) is 4.90 Å². The van der Waals surface area contributed by atoms with E-state index in [4.69, 9.17) is 14.0 Å². The molecule has 3 heterocycles. The van der Waals surface area contributed by atoms with Gasteiger partial charge in [-0.25, -0.2) is 0 Å². The van der Waals surface area contributed by atoms with Crippen molar-refractivity contribution >= 4 is 0 Å². The van der Waals surface area contributed by atoms with Crippen LogP contribution in [0.3, 0.4) is 0 Å². The van der Waals surface area contributed by atoms with Crippen LogP contribution in [0.2, 0.25) is 0 Å². The highest BCUT2D eigenvalue weighted by molar-refractivity contribution is 5.67. The van der Waals surface area contributed by atoms with Crippen molar-refractivity contribution < 1.29 is 14.0 Å². The Bertz CT molecular complexity index is 990. The Kier molecular flexibility index (Phi) is 4.76. The van der Waals surface area contributed by atoms with Gasteiger partial charge in [0.25, 0.3) is 0 Å². The maximum atomic E-state index is 5.79. The van der Waals surface area contributed by atoms with E-state index in [9.17, 15) is 0 Å². The Morgan fingerprint density at radius 2 is 1.79 bits per heavy atom. The van der Waals surface area contributed by atoms with Gasteiger partial charge >= 0.3 is 0 Å². The molecule has 1 saturated heterocycles. The van der Waals surface area contributed by atoms with Crippen molar-refractivity contribution in [2.75, 3.05) is 19.8 Å². The van der Waals surface area contributed by atoms with Crippen LogP contribution in [0.4, 0.5) is 0 Å². The molecule has 2 aliphatic heterocycles. The summed E-state index contributed by atoms with van der Waals surface area (Å²) < 4.78 is 16.8. The summed E-state index contributed by atoms with van der Waals surface area (Å²) in [5.41, 5.74) is 5.85. The lowest BCUT2D eigenvalue weighted by molar-refractivity contribution is 0.170. The summed E-state index contributed by atoms with van der Waals surface area (Å²) in [6, 6.07) is 15.6. The number of likely N-dealkylation sites (tertiary alicyclic amines) is 1. The highest BCUT2D eigenvalue weighted by Gasteiger charge is 2.27. The van der Waals surface area contributed by atoms with E-state index in [0.717, 1.165) is 47.2 Å². The summed E-state index contributed by atoms with van der Waals surface area (Å²) in [6.45, 7) is 7.27. The van der Waals surface area contributed by atoms with Crippen molar-refractivity contribution in [3.8, 4) is 22.6 Å². The van der Waals surface area contributed by atoms with Crippen molar-refractivity contribution in [3.05, 3.63) is 65.0 Å². The molecule has 1 aromatic heterocycles. The molecule has 0 saturated carbocycles. The Labute approximate surface area is 171 Å². The molecule has 3 aromatic rings. The standard InChI is InChI=1S/C24H26N2O3/c1-16-24(17(2)29-25-16)19-7-5-18(6-8-19)15-26-11-3-4-21(26)20-9-10-22-23(14-20)28-13-12-27-22/h5-10,14,21H,3-4,11-13,15H2,1-2H3/t21-/m0/s1. The smallest absolute Gasteiger partial charge is 0.161 e. The van der Waals surface area contributed by atoms with Crippen molar-refractivity contribution in [1.29, 1.82) is 0 Å². The molecule has 0 bridgehead atoms. The average molecular weight is 390 g/mol. The number of hydrogen-bond acceptors (Lipinski definition) is 5. The van der Waals surface area contributed by atoms with Gasteiger partial charge in [0.1, 0.15) is 19.0 Å². The minimum atomic E-state index is 0.424. The molecule has 2 aliphatic rings. The van der Waals surface area contributed by atoms with E-state index < -0.39 is 0 Å². The highest BCUT2D eigenvalue weighted by Crippen LogP contribution is 2.38. The number of aromatic nitrogens is 1. The molecule has 0 N–H and O–H groups in total. The van der Waals surface area contributed by atoms with Crippen molar-refractivity contribution in [1.82, 2.24) is 10.1 Å². The van der Waals surface area contributed by atoms with Crippen LogP contribution >= 0.6 is 0 Å². The minimum Gasteiger partial charge on any atom is -0.486 e. The zero-order valence-corrected chi connectivity index (χ0v) is 17.0. The highest BCUT2D eigenvalue weighted by atomic mass is 16.6. The van der Waals surface area contributed by atoms with Gasteiger partial charge in [-0.1, -0.05) is 35.5 Å². The predicted molar refractivity (Wildman–Crippen MR) is 111 cm³/mol. The third-order valence-electron chi connectivity index (χ3n) is 5.98. The lowest BCUT2D eigenvalue weighted by atomic mass is 10.0. The maximum absolute atomic E-state index is 5.79. The van der Waals surface area contributed by atoms with Crippen LogP contribution in [0, 0.1) is 13.8 Å². The zero-order chi connectivity index (χ0) is 19.8. The second-order valence-electron chi connectivity index (χ2n) is 7.93. The van der Waals surface area contributed by atoms with Crippen LogP contribution in [-0.2, 0) is 6.54 Å². The fourth-order valence-corrected chi connectivity index (χ4v) is 4.57. The Morgan fingerprint density at radius 3 is 2.55 bits per heavy atom. The first-order chi connectivity index (χ1) is 14.2. The van der Waals surface area contributed by atoms with Gasteiger partial charge in [0.2, 0.25) is 0 Å². The number of nitrogens with zero attached hydrogens (tertiary/aromatic N) is 2. The predicted octanol–water partition coefficient (Wildman–Crippen LogP) is 5.07. The molecular formula is C24H26N2O3. The Morgan fingerprint density at radius 1 is 1.00 bits per heavy atom. The van der Waals surface area contributed by atoms with Gasteiger partial charge in [-0.15, -0.1) is 0 Å². The number of ether oxygens (including phenoxy) is 2. The molecule has 2 aromatic carbocycles. The number of rotatable bonds is 4. The molecule has 0 spiro atoms. The minimum absolute atomic E-state index is 0.424. The van der Waals surface area contributed by atoms with Crippen LogP contribution < -0.4 is 9.47 Å². The topological polar surface area (TPSA) is 47.7 Å². The molecule has 0 unspecified atom stereocenters. The molecular weight excluding hydrogens is 364 g/mol. The second kappa shape index (κ2) is 7.56. The quantitative estimate of drug-likeness (QED) is 0.623. The number of aryl methyl sites for hydroxylation is 2. The van der Waals surface area contributed by atoms with E-state index in [1.807, 2.05) is 13.8 Å². The average Bonchev–Trinajstić information content (AvgIpc) is 3.34. The van der Waals surface area contributed by atoms with Crippen LogP contribution in [0.25, 0.3) is 11.1 Å². The van der Waals surface area contributed by atoms with Gasteiger partial charge in [0.15, 0.2) is 11.5 Å². The first-order valence-electron chi connectivity index (χ1n) is 10.3. The van der Waals surface area contributed by atoms with Crippen LogP contribution in [0.5, 0.6) is 11.5 Å². The molecule has 0 radical (unpaired) electrons. The van der Waals surface area contributed by atoms with E-state index in [2.05, 4.69) is 52.5 Å². The molecule has 5 rings (SSSR count). The van der Waals surface area contributed by atoms with Crippen molar-refractivity contribution in [3.63, 3.8) is 0 Å². The summed E-state index contributed by atoms with van der Waals surface area (Å²) in [4.78, 5) is 2.57. The molecule has 0 amide bonds. The van der Waals surface area contributed by atoms with E-state index >= 15 is 0 Å². The van der Waals surface area contributed by atoms with E-state index in [1.165, 1.54) is 24.0 Å². The molecule has 5 heteroatoms. The molecule has 1 fully saturated rings. The van der Waals surface area contributed by atoms with E-state index in [-0.39, 0.29) is 0 Å². The number of hydrogen-bond donors (Lipinski definition) is 0. The monoisotopic (exact) mass is 390 g/mol. The van der Waals surface area contributed by atoms with Gasteiger partial charge in [-0.05, 0) is 62.1 Å². The summed E-state index contributed by atoms with van der Waals surface area (Å²) >= 11 is 0. The summed E-state index contributed by atoms with van der Waals surface area (Å²) in [5, 5.41) is 4.07. The third kappa shape index (κ3) is 3.51. The molecule has 29 heavy (non-hydrogen) atoms. The van der Waals surface area contributed by atoms with E-state index in [1.54, 1.807) is 0 Å². The van der Waals surface area contributed by atoms with Crippen LogP contribution in [0.15, 0.2) is 47.0 Å². The van der Waals surface area contributed by atoms with Gasteiger partial charge in [0, 0.05) is 18.2 Å². The molecule has 150 valence electrons. The first kappa shape index (κ1) is 18.3. The van der Waals surface area contributed by atoms with Gasteiger partial charge in [0.05, 0.1) is 5.69 Å². The summed E-state index contributed by atoms with van der Waals surface area (Å²) in [5.74, 6) is 2.61. The van der Waals surface area contributed by atoms with Crippen LogP contribution in [-0.4, -0.2) is 29.8 Å². The fraction of sp³-hybridized carbons (Fsp3) is 0.375. The number of benzene rings is 2. The lowest BCUT2D eigenvalue weighted by Gasteiger charge is -2.26. The number of fused-ring (bicyclic) bond motifs is 1.